The smallest absolute Gasteiger partial charge is 0.393 e. The molecule has 1 saturated heterocycles. The summed E-state index contributed by atoms with van der Waals surface area (Å²) >= 11 is 0.978. The average molecular weight is 1010 g/mol. The number of aliphatic hydroxyl groups excluding tert-OH is 4. The van der Waals surface area contributed by atoms with Crippen LogP contribution in [0.15, 0.2) is 12.7 Å². The van der Waals surface area contributed by atoms with Gasteiger partial charge in [0.1, 0.15) is 36.3 Å². The van der Waals surface area contributed by atoms with Crippen LogP contribution in [0.2, 0.25) is 0 Å². The first-order valence-corrected chi connectivity index (χ1v) is 26.2. The Labute approximate surface area is 379 Å². The van der Waals surface area contributed by atoms with Gasteiger partial charge in [-0.2, -0.15) is 4.31 Å². The molecule has 0 saturated carbocycles. The Bertz CT molecular complexity index is 1990. The van der Waals surface area contributed by atoms with Crippen molar-refractivity contribution >= 4 is 69.1 Å². The summed E-state index contributed by atoms with van der Waals surface area (Å²) in [5, 5.41) is 45.7. The Kier molecular flexibility index (Phi) is 23.0. The van der Waals surface area contributed by atoms with Gasteiger partial charge in [-0.05, 0) is 19.8 Å². The van der Waals surface area contributed by atoms with Gasteiger partial charge in [0.05, 0.1) is 31.7 Å². The summed E-state index contributed by atoms with van der Waals surface area (Å²) in [6, 6.07) is 0. The first-order chi connectivity index (χ1) is 30.3. The largest absolute Gasteiger partial charge is 0.481 e. The molecule has 3 heterocycles. The van der Waals surface area contributed by atoms with E-state index in [1.165, 1.54) is 13.8 Å². The number of carbonyl (C=O) groups excluding carboxylic acids is 3. The van der Waals surface area contributed by atoms with E-state index in [2.05, 4.69) is 34.4 Å². The molecule has 30 heteroatoms. The summed E-state index contributed by atoms with van der Waals surface area (Å²) in [4.78, 5) is 88.2. The van der Waals surface area contributed by atoms with Crippen molar-refractivity contribution < 1.29 is 90.7 Å². The van der Waals surface area contributed by atoms with Crippen LogP contribution in [-0.2, 0) is 50.7 Å². The van der Waals surface area contributed by atoms with Crippen molar-refractivity contribution in [2.75, 3.05) is 37.8 Å². The number of fused-ring (bicyclic) bond motifs is 1. The molecule has 26 nitrogen and oxygen atoms in total. The molecule has 0 aliphatic carbocycles. The monoisotopic (exact) mass is 1010 g/mol. The number of amides is 2. The Morgan fingerprint density at radius 2 is 1.55 bits per heavy atom. The number of nitrogen functional groups attached to an aromatic ring is 1. The third kappa shape index (κ3) is 20.3. The van der Waals surface area contributed by atoms with Crippen molar-refractivity contribution in [3.05, 3.63) is 12.7 Å². The number of thioether (sulfide) groups is 1. The molecule has 9 atom stereocenters. The van der Waals surface area contributed by atoms with Gasteiger partial charge >= 0.3 is 23.5 Å². The maximum Gasteiger partial charge on any atom is 0.481 e. The number of imidazole rings is 1. The lowest BCUT2D eigenvalue weighted by atomic mass is 9.87. The van der Waals surface area contributed by atoms with Gasteiger partial charge in [-0.1, -0.05) is 70.6 Å². The fourth-order valence-electron chi connectivity index (χ4n) is 6.35. The van der Waals surface area contributed by atoms with E-state index < -0.39 is 90.7 Å². The molecule has 1 aliphatic heterocycles. The molecule has 2 amide bonds. The van der Waals surface area contributed by atoms with Crippen LogP contribution in [-0.4, -0.2) is 145 Å². The van der Waals surface area contributed by atoms with Gasteiger partial charge in [0.15, 0.2) is 22.8 Å². The number of hydrogen-bond acceptors (Lipinski definition) is 20. The normalized spacial score (nSPS) is 21.3. The second-order valence-corrected chi connectivity index (χ2v) is 21.4. The number of aromatic nitrogens is 4. The summed E-state index contributed by atoms with van der Waals surface area (Å²) in [6.45, 7) is 2.14. The zero-order valence-electron chi connectivity index (χ0n) is 36.2. The second kappa shape index (κ2) is 26.3. The van der Waals surface area contributed by atoms with Crippen LogP contribution >= 0.6 is 35.2 Å². The number of nitrogens with two attached hydrogens (primary N) is 1. The molecule has 1 fully saturated rings. The van der Waals surface area contributed by atoms with Crippen molar-refractivity contribution in [1.82, 2.24) is 30.2 Å². The summed E-state index contributed by atoms with van der Waals surface area (Å²) in [6.07, 6.45) is 0.436. The zero-order chi connectivity index (χ0) is 48.6. The average Bonchev–Trinajstić information content (AvgIpc) is 3.76. The fraction of sp³-hybridized carbons (Fsp3) is 0.771. The van der Waals surface area contributed by atoms with Crippen LogP contribution in [0.3, 0.4) is 0 Å². The number of phosphoric ester groups is 3. The molecule has 65 heavy (non-hydrogen) atoms. The molecule has 3 rings (SSSR count). The first kappa shape index (κ1) is 56.8. The minimum Gasteiger partial charge on any atom is -0.393 e. The van der Waals surface area contributed by atoms with E-state index >= 15 is 0 Å². The summed E-state index contributed by atoms with van der Waals surface area (Å²) in [5.41, 5.74) is 4.24. The summed E-state index contributed by atoms with van der Waals surface area (Å²) < 4.78 is 62.3. The van der Waals surface area contributed by atoms with Gasteiger partial charge in [-0.15, -0.1) is 0 Å². The highest BCUT2D eigenvalue weighted by molar-refractivity contribution is 8.13. The van der Waals surface area contributed by atoms with Crippen LogP contribution in [0, 0.1) is 5.41 Å². The second-order valence-electron chi connectivity index (χ2n) is 16.0. The van der Waals surface area contributed by atoms with Crippen molar-refractivity contribution in [2.24, 2.45) is 5.41 Å². The van der Waals surface area contributed by atoms with Gasteiger partial charge in [0.25, 0.3) is 0 Å². The van der Waals surface area contributed by atoms with E-state index in [-0.39, 0.29) is 59.9 Å². The topological polar surface area (TPSA) is 404 Å². The van der Waals surface area contributed by atoms with Crippen LogP contribution in [0.4, 0.5) is 5.82 Å². The lowest BCUT2D eigenvalue weighted by Gasteiger charge is -2.30. The Morgan fingerprint density at radius 1 is 0.923 bits per heavy atom. The Balaban J connectivity index is 1.35. The number of anilines is 1. The summed E-state index contributed by atoms with van der Waals surface area (Å²) in [7, 11) is -16.4. The highest BCUT2D eigenvalue weighted by Gasteiger charge is 2.50. The third-order valence-electron chi connectivity index (χ3n) is 9.83. The molecular weight excluding hydrogens is 947 g/mol. The van der Waals surface area contributed by atoms with Crippen LogP contribution in [0.1, 0.15) is 97.6 Å². The molecule has 9 unspecified atom stereocenters. The third-order valence-corrected chi connectivity index (χ3v) is 13.8. The molecular formula is C35H62N7O19P3S. The highest BCUT2D eigenvalue weighted by atomic mass is 32.2. The number of ether oxygens (including phenoxy) is 1. The molecule has 0 radical (unpaired) electrons. The molecule has 0 spiro atoms. The Morgan fingerprint density at radius 3 is 2.20 bits per heavy atom. The number of aliphatic hydroxyl groups is 4. The zero-order valence-corrected chi connectivity index (χ0v) is 39.7. The van der Waals surface area contributed by atoms with Crippen molar-refractivity contribution in [2.45, 2.75) is 134 Å². The highest BCUT2D eigenvalue weighted by Crippen LogP contribution is 2.61. The lowest BCUT2D eigenvalue weighted by Crippen LogP contribution is -2.46. The standard InChI is InChI=1S/C35H62N7O19P3S/c1-22(43)11-9-7-5-4-6-8-10-12-23(44)17-26(46)65-16-15-37-25(45)13-14-38-33(49)30(48)35(2,3)19-58-64(55,56)61-63(53,54)57-18-24-29(60-62(50,51)52)28(47)34(59-24)42-21-41-27-31(36)39-20-40-32(27)42/h20-24,28-30,34,43-44,47-48H,4-19H2,1-3H3,(H,37,45)(H,38,49)(H,53,54)(H,55,56)(H2,36,39,40)(H2,50,51,52). The SMILES string of the molecule is CC(O)CCCCCCCCCC(O)CC(=O)SCCNC(=O)CCNC(=O)C(O)C(C)(C)COP(=O)(O)OP(=O)(O)OCC1OC(n2cnc3c(N)ncnc32)C(O)C1OP(=O)(O)O. The molecule has 12 N–H and O–H groups in total. The van der Waals surface area contributed by atoms with Crippen molar-refractivity contribution in [3.63, 3.8) is 0 Å². The van der Waals surface area contributed by atoms with E-state index in [1.54, 1.807) is 6.92 Å². The van der Waals surface area contributed by atoms with E-state index in [1.807, 2.05) is 0 Å². The number of rotatable bonds is 31. The minimum absolute atomic E-state index is 0.000157. The number of phosphoric acid groups is 3. The van der Waals surface area contributed by atoms with Crippen molar-refractivity contribution in [3.8, 4) is 0 Å². The Hall–Kier alpha value is -2.52. The van der Waals surface area contributed by atoms with Crippen LogP contribution < -0.4 is 16.4 Å². The van der Waals surface area contributed by atoms with Crippen LogP contribution in [0.25, 0.3) is 11.2 Å². The van der Waals surface area contributed by atoms with Gasteiger partial charge in [0, 0.05) is 37.1 Å². The predicted molar refractivity (Wildman–Crippen MR) is 231 cm³/mol. The molecule has 2 aromatic heterocycles. The van der Waals surface area contributed by atoms with Gasteiger partial charge in [-0.25, -0.2) is 28.6 Å². The first-order valence-electron chi connectivity index (χ1n) is 20.7. The molecule has 372 valence electrons. The number of hydrogen-bond donors (Lipinski definition) is 11. The van der Waals surface area contributed by atoms with Crippen molar-refractivity contribution in [1.29, 1.82) is 0 Å². The van der Waals surface area contributed by atoms with Crippen LogP contribution in [0.5, 0.6) is 0 Å². The number of carbonyl (C=O) groups is 3. The van der Waals surface area contributed by atoms with Gasteiger partial charge < -0.3 is 61.1 Å². The number of nitrogens with zero attached hydrogens (tertiary/aromatic N) is 4. The van der Waals surface area contributed by atoms with E-state index in [4.69, 9.17) is 19.5 Å². The number of nitrogens with one attached hydrogen (secondary N) is 2. The lowest BCUT2D eigenvalue weighted by molar-refractivity contribution is -0.137. The maximum absolute atomic E-state index is 12.7. The molecule has 0 bridgehead atoms. The quantitative estimate of drug-likeness (QED) is 0.0374. The minimum atomic E-state index is -5.59. The maximum atomic E-state index is 12.7. The molecule has 1 aliphatic rings. The predicted octanol–water partition coefficient (Wildman–Crippen LogP) is 1.31. The fourth-order valence-corrected chi connectivity index (χ4v) is 9.92. The molecule has 2 aromatic rings. The van der Waals surface area contributed by atoms with Gasteiger partial charge in [0.2, 0.25) is 11.8 Å². The van der Waals surface area contributed by atoms with E-state index in [9.17, 15) is 68.1 Å². The molecule has 0 aromatic carbocycles. The van der Waals surface area contributed by atoms with Gasteiger partial charge in [-0.3, -0.25) is 32.5 Å². The number of unbranched alkanes of at least 4 members (excludes halogenated alkanes) is 6. The van der Waals surface area contributed by atoms with E-state index in [0.29, 0.717) is 6.42 Å². The van der Waals surface area contributed by atoms with E-state index in [0.717, 1.165) is 80.4 Å². The summed E-state index contributed by atoms with van der Waals surface area (Å²) in [5.74, 6) is -1.26.